The fourth-order valence-corrected chi connectivity index (χ4v) is 2.46. The zero-order valence-corrected chi connectivity index (χ0v) is 13.7. The largest absolute Gasteiger partial charge is 0.496 e. The third-order valence-electron chi connectivity index (χ3n) is 3.71. The molecule has 3 rings (SSSR count). The van der Waals surface area contributed by atoms with Crippen LogP contribution in [0.1, 0.15) is 5.56 Å². The molecule has 0 amide bonds. The highest BCUT2D eigenvalue weighted by molar-refractivity contribution is 5.83. The van der Waals surface area contributed by atoms with Crippen LogP contribution in [-0.2, 0) is 16.1 Å². The van der Waals surface area contributed by atoms with Crippen LogP contribution in [0.15, 0.2) is 60.7 Å². The van der Waals surface area contributed by atoms with Crippen LogP contribution in [0.5, 0.6) is 11.5 Å². The van der Waals surface area contributed by atoms with Crippen molar-refractivity contribution in [3.05, 3.63) is 72.0 Å². The molecule has 0 heterocycles. The third-order valence-corrected chi connectivity index (χ3v) is 3.71. The summed E-state index contributed by atoms with van der Waals surface area (Å²) in [7, 11) is 1.47. The van der Waals surface area contributed by atoms with Gasteiger partial charge < -0.3 is 14.2 Å². The van der Waals surface area contributed by atoms with E-state index in [0.29, 0.717) is 17.1 Å². The topological polar surface area (TPSA) is 44.8 Å². The minimum Gasteiger partial charge on any atom is -0.496 e. The van der Waals surface area contributed by atoms with E-state index in [4.69, 9.17) is 14.2 Å². The van der Waals surface area contributed by atoms with Gasteiger partial charge in [0.05, 0.1) is 7.11 Å². The second-order valence-corrected chi connectivity index (χ2v) is 5.41. The molecule has 0 spiro atoms. The Balaban J connectivity index is 1.56. The lowest BCUT2D eigenvalue weighted by atomic mass is 10.1. The van der Waals surface area contributed by atoms with Crippen molar-refractivity contribution in [2.75, 3.05) is 13.7 Å². The number of carbonyl (C=O) groups is 1. The lowest BCUT2D eigenvalue weighted by molar-refractivity contribution is -0.147. The van der Waals surface area contributed by atoms with Crippen molar-refractivity contribution in [1.29, 1.82) is 0 Å². The van der Waals surface area contributed by atoms with E-state index in [2.05, 4.69) is 0 Å². The minimum absolute atomic E-state index is 0.0825. The summed E-state index contributed by atoms with van der Waals surface area (Å²) in [5.74, 6) is 0.0855. The summed E-state index contributed by atoms with van der Waals surface area (Å²) in [6.07, 6.45) is 0. The maximum absolute atomic E-state index is 13.3. The van der Waals surface area contributed by atoms with Gasteiger partial charge >= 0.3 is 5.97 Å². The molecule has 0 saturated heterocycles. The number of rotatable bonds is 6. The summed E-state index contributed by atoms with van der Waals surface area (Å²) in [5.41, 5.74) is 0.460. The van der Waals surface area contributed by atoms with Gasteiger partial charge in [-0.2, -0.15) is 0 Å². The van der Waals surface area contributed by atoms with Gasteiger partial charge in [0, 0.05) is 5.56 Å². The van der Waals surface area contributed by atoms with Crippen molar-refractivity contribution < 1.29 is 23.4 Å². The van der Waals surface area contributed by atoms with Crippen LogP contribution >= 0.6 is 0 Å². The Labute approximate surface area is 144 Å². The highest BCUT2D eigenvalue weighted by Gasteiger charge is 2.09. The van der Waals surface area contributed by atoms with Crippen LogP contribution in [0, 0.1) is 5.82 Å². The number of fused-ring (bicyclic) bond motifs is 1. The van der Waals surface area contributed by atoms with E-state index < -0.39 is 11.8 Å². The molecule has 128 valence electrons. The summed E-state index contributed by atoms with van der Waals surface area (Å²) in [5, 5.41) is 2.12. The average molecular weight is 340 g/mol. The molecular weight excluding hydrogens is 323 g/mol. The molecule has 0 aliphatic rings. The Kier molecular flexibility index (Phi) is 5.14. The van der Waals surface area contributed by atoms with Crippen LogP contribution in [-0.4, -0.2) is 19.7 Å². The fourth-order valence-electron chi connectivity index (χ4n) is 2.46. The van der Waals surface area contributed by atoms with Crippen molar-refractivity contribution in [3.8, 4) is 11.5 Å². The summed E-state index contributed by atoms with van der Waals surface area (Å²) < 4.78 is 29.0. The molecule has 0 fully saturated rings. The van der Waals surface area contributed by atoms with Gasteiger partial charge in [0.25, 0.3) is 0 Å². The van der Waals surface area contributed by atoms with Gasteiger partial charge in [-0.05, 0) is 41.1 Å². The first-order valence-electron chi connectivity index (χ1n) is 7.75. The fraction of sp³-hybridized carbons (Fsp3) is 0.150. The number of carbonyl (C=O) groups excluding carboxylic acids is 1. The van der Waals surface area contributed by atoms with Gasteiger partial charge in [0.15, 0.2) is 6.61 Å². The standard InChI is InChI=1S/C20H17FO4/c1-23-19-9-7-17(21)10-16(19)12-25-20(22)13-24-18-8-6-14-4-2-3-5-15(14)11-18/h2-11H,12-13H2,1H3. The van der Waals surface area contributed by atoms with Crippen LogP contribution < -0.4 is 9.47 Å². The molecule has 0 aliphatic heterocycles. The van der Waals surface area contributed by atoms with Gasteiger partial charge in [0.1, 0.15) is 23.9 Å². The second kappa shape index (κ2) is 7.66. The van der Waals surface area contributed by atoms with E-state index >= 15 is 0 Å². The minimum atomic E-state index is -0.542. The number of benzene rings is 3. The van der Waals surface area contributed by atoms with Gasteiger partial charge in [-0.1, -0.05) is 30.3 Å². The van der Waals surface area contributed by atoms with Crippen LogP contribution in [0.4, 0.5) is 4.39 Å². The maximum Gasteiger partial charge on any atom is 0.344 e. The monoisotopic (exact) mass is 340 g/mol. The summed E-state index contributed by atoms with van der Waals surface area (Å²) in [6, 6.07) is 17.5. The molecule has 3 aromatic rings. The highest BCUT2D eigenvalue weighted by atomic mass is 19.1. The second-order valence-electron chi connectivity index (χ2n) is 5.41. The summed E-state index contributed by atoms with van der Waals surface area (Å²) >= 11 is 0. The van der Waals surface area contributed by atoms with E-state index in [9.17, 15) is 9.18 Å². The molecule has 5 heteroatoms. The van der Waals surface area contributed by atoms with E-state index in [-0.39, 0.29) is 13.2 Å². The molecular formula is C20H17FO4. The Hall–Kier alpha value is -3.08. The molecule has 4 nitrogen and oxygen atoms in total. The zero-order chi connectivity index (χ0) is 17.6. The molecule has 25 heavy (non-hydrogen) atoms. The quantitative estimate of drug-likeness (QED) is 0.634. The number of halogens is 1. The lowest BCUT2D eigenvalue weighted by Crippen LogP contribution is -2.15. The molecule has 0 aliphatic carbocycles. The van der Waals surface area contributed by atoms with E-state index in [0.717, 1.165) is 10.8 Å². The number of hydrogen-bond acceptors (Lipinski definition) is 4. The number of esters is 1. The van der Waals surface area contributed by atoms with E-state index in [1.54, 1.807) is 6.07 Å². The first-order chi connectivity index (χ1) is 12.2. The van der Waals surface area contributed by atoms with Gasteiger partial charge in [-0.3, -0.25) is 0 Å². The van der Waals surface area contributed by atoms with Crippen molar-refractivity contribution >= 4 is 16.7 Å². The van der Waals surface area contributed by atoms with Crippen LogP contribution in [0.2, 0.25) is 0 Å². The molecule has 0 saturated carbocycles. The summed E-state index contributed by atoms with van der Waals surface area (Å²) in [6.45, 7) is -0.309. The van der Waals surface area contributed by atoms with Gasteiger partial charge in [-0.25, -0.2) is 9.18 Å². The normalized spacial score (nSPS) is 10.5. The number of ether oxygens (including phenoxy) is 3. The Bertz CT molecular complexity index is 892. The third kappa shape index (κ3) is 4.26. The van der Waals surface area contributed by atoms with Gasteiger partial charge in [-0.15, -0.1) is 0 Å². The molecule has 0 radical (unpaired) electrons. The lowest BCUT2D eigenvalue weighted by Gasteiger charge is -2.10. The molecule has 0 unspecified atom stereocenters. The Morgan fingerprint density at radius 1 is 1.00 bits per heavy atom. The van der Waals surface area contributed by atoms with Crippen molar-refractivity contribution in [2.24, 2.45) is 0 Å². The summed E-state index contributed by atoms with van der Waals surface area (Å²) in [4.78, 5) is 11.9. The molecule has 0 aromatic heterocycles. The van der Waals surface area contributed by atoms with E-state index in [1.807, 2.05) is 36.4 Å². The highest BCUT2D eigenvalue weighted by Crippen LogP contribution is 2.21. The predicted octanol–water partition coefficient (Wildman–Crippen LogP) is 4.11. The molecule has 0 atom stereocenters. The van der Waals surface area contributed by atoms with Crippen molar-refractivity contribution in [1.82, 2.24) is 0 Å². The molecule has 3 aromatic carbocycles. The predicted molar refractivity (Wildman–Crippen MR) is 92.2 cm³/mol. The first kappa shape index (κ1) is 16.8. The van der Waals surface area contributed by atoms with Crippen molar-refractivity contribution in [3.63, 3.8) is 0 Å². The van der Waals surface area contributed by atoms with Crippen LogP contribution in [0.3, 0.4) is 0 Å². The maximum atomic E-state index is 13.3. The SMILES string of the molecule is COc1ccc(F)cc1COC(=O)COc1ccc2ccccc2c1. The van der Waals surface area contributed by atoms with Crippen molar-refractivity contribution in [2.45, 2.75) is 6.61 Å². The number of hydrogen-bond donors (Lipinski definition) is 0. The molecule has 0 N–H and O–H groups in total. The Morgan fingerprint density at radius 3 is 2.60 bits per heavy atom. The zero-order valence-electron chi connectivity index (χ0n) is 13.7. The van der Waals surface area contributed by atoms with Gasteiger partial charge in [0.2, 0.25) is 0 Å². The Morgan fingerprint density at radius 2 is 1.80 bits per heavy atom. The smallest absolute Gasteiger partial charge is 0.344 e. The van der Waals surface area contributed by atoms with E-state index in [1.165, 1.54) is 25.3 Å². The van der Waals surface area contributed by atoms with Crippen LogP contribution in [0.25, 0.3) is 10.8 Å². The molecule has 0 bridgehead atoms. The average Bonchev–Trinajstić information content (AvgIpc) is 2.64. The first-order valence-corrected chi connectivity index (χ1v) is 7.75. The number of methoxy groups -OCH3 is 1.